The molecule has 8 heteroatoms. The molecule has 4 rings (SSSR count). The van der Waals surface area contributed by atoms with Gasteiger partial charge in [-0.3, -0.25) is 9.78 Å². The van der Waals surface area contributed by atoms with E-state index in [9.17, 15) is 13.2 Å². The molecule has 1 amide bonds. The molecule has 0 N–H and O–H groups in total. The highest BCUT2D eigenvalue weighted by Gasteiger charge is 2.27. The quantitative estimate of drug-likeness (QED) is 0.730. The monoisotopic (exact) mass is 429 g/mol. The average molecular weight is 430 g/mol. The Morgan fingerprint density at radius 3 is 2.30 bits per heavy atom. The highest BCUT2D eigenvalue weighted by atomic mass is 32.2. The number of hydrogen-bond donors (Lipinski definition) is 0. The van der Waals surface area contributed by atoms with Crippen molar-refractivity contribution in [1.82, 2.24) is 14.2 Å². The number of aromatic nitrogens is 1. The Morgan fingerprint density at radius 1 is 0.967 bits per heavy atom. The van der Waals surface area contributed by atoms with Crippen LogP contribution < -0.4 is 4.74 Å². The van der Waals surface area contributed by atoms with Crippen LogP contribution in [0.15, 0.2) is 53.7 Å². The van der Waals surface area contributed by atoms with E-state index in [1.807, 2.05) is 12.1 Å². The zero-order chi connectivity index (χ0) is 21.0. The molecule has 1 aromatic carbocycles. The van der Waals surface area contributed by atoms with Crippen molar-refractivity contribution in [2.24, 2.45) is 0 Å². The van der Waals surface area contributed by atoms with E-state index in [1.165, 1.54) is 0 Å². The molecule has 0 saturated carbocycles. The topological polar surface area (TPSA) is 79.8 Å². The molecule has 3 heterocycles. The lowest BCUT2D eigenvalue weighted by Crippen LogP contribution is -2.41. The molecular weight excluding hydrogens is 402 g/mol. The van der Waals surface area contributed by atoms with Crippen LogP contribution in [0.3, 0.4) is 0 Å². The zero-order valence-corrected chi connectivity index (χ0v) is 17.8. The van der Waals surface area contributed by atoms with Crippen LogP contribution in [0.4, 0.5) is 0 Å². The predicted molar refractivity (Wildman–Crippen MR) is 113 cm³/mol. The predicted octanol–water partition coefficient (Wildman–Crippen LogP) is 2.94. The van der Waals surface area contributed by atoms with Gasteiger partial charge in [0.1, 0.15) is 11.9 Å². The van der Waals surface area contributed by atoms with E-state index in [0.717, 1.165) is 37.9 Å². The molecule has 0 radical (unpaired) electrons. The molecule has 0 spiro atoms. The van der Waals surface area contributed by atoms with Crippen molar-refractivity contribution in [3.63, 3.8) is 0 Å². The summed E-state index contributed by atoms with van der Waals surface area (Å²) in [6, 6.07) is 10.1. The smallest absolute Gasteiger partial charge is 0.253 e. The van der Waals surface area contributed by atoms with Gasteiger partial charge in [0, 0.05) is 50.8 Å². The minimum Gasteiger partial charge on any atom is -0.489 e. The van der Waals surface area contributed by atoms with Gasteiger partial charge < -0.3 is 9.64 Å². The third-order valence-electron chi connectivity index (χ3n) is 5.72. The van der Waals surface area contributed by atoms with E-state index in [4.69, 9.17) is 4.74 Å². The Kier molecular flexibility index (Phi) is 6.34. The van der Waals surface area contributed by atoms with Gasteiger partial charge in [0.2, 0.25) is 10.0 Å². The number of carbonyl (C=O) groups is 1. The van der Waals surface area contributed by atoms with E-state index in [-0.39, 0.29) is 16.9 Å². The van der Waals surface area contributed by atoms with Crippen molar-refractivity contribution >= 4 is 15.9 Å². The van der Waals surface area contributed by atoms with Gasteiger partial charge in [-0.25, -0.2) is 8.42 Å². The van der Waals surface area contributed by atoms with Crippen LogP contribution in [0.2, 0.25) is 0 Å². The Labute approximate surface area is 177 Å². The summed E-state index contributed by atoms with van der Waals surface area (Å²) in [5.41, 5.74) is 0.513. The highest BCUT2D eigenvalue weighted by molar-refractivity contribution is 7.89. The second-order valence-corrected chi connectivity index (χ2v) is 9.73. The molecule has 7 nitrogen and oxygen atoms in total. The van der Waals surface area contributed by atoms with Crippen molar-refractivity contribution in [3.05, 3.63) is 54.4 Å². The Hall–Kier alpha value is -2.45. The van der Waals surface area contributed by atoms with Crippen LogP contribution in [-0.4, -0.2) is 60.8 Å². The van der Waals surface area contributed by atoms with Gasteiger partial charge in [-0.05, 0) is 49.2 Å². The molecule has 2 aliphatic rings. The van der Waals surface area contributed by atoms with Crippen LogP contribution >= 0.6 is 0 Å². The summed E-state index contributed by atoms with van der Waals surface area (Å²) in [6.07, 6.45) is 7.84. The van der Waals surface area contributed by atoms with Crippen LogP contribution in [0.1, 0.15) is 42.5 Å². The fraction of sp³-hybridized carbons (Fsp3) is 0.455. The van der Waals surface area contributed by atoms with Crippen molar-refractivity contribution in [2.45, 2.75) is 43.1 Å². The summed E-state index contributed by atoms with van der Waals surface area (Å²) in [7, 11) is -3.48. The maximum Gasteiger partial charge on any atom is 0.253 e. The number of hydrogen-bond acceptors (Lipinski definition) is 5. The molecule has 160 valence electrons. The molecule has 0 atom stereocenters. The van der Waals surface area contributed by atoms with Crippen LogP contribution in [0.5, 0.6) is 5.75 Å². The normalized spacial score (nSPS) is 18.9. The number of pyridine rings is 1. The molecular formula is C22H27N3O4S. The first kappa shape index (κ1) is 20.8. The Bertz CT molecular complexity index is 950. The second kappa shape index (κ2) is 9.14. The molecule has 2 saturated heterocycles. The third-order valence-corrected chi connectivity index (χ3v) is 7.63. The number of carbonyl (C=O) groups excluding carboxylic acids is 1. The van der Waals surface area contributed by atoms with E-state index in [0.29, 0.717) is 31.7 Å². The first-order chi connectivity index (χ1) is 14.5. The number of piperidine rings is 2. The number of likely N-dealkylation sites (tertiary alicyclic amines) is 1. The molecule has 2 aliphatic heterocycles. The molecule has 0 aliphatic carbocycles. The molecule has 0 bridgehead atoms. The van der Waals surface area contributed by atoms with Crippen molar-refractivity contribution in [1.29, 1.82) is 0 Å². The number of nitrogens with zero attached hydrogens (tertiary/aromatic N) is 3. The first-order valence-electron chi connectivity index (χ1n) is 10.5. The summed E-state index contributed by atoms with van der Waals surface area (Å²) in [4.78, 5) is 19.0. The van der Waals surface area contributed by atoms with E-state index >= 15 is 0 Å². The van der Waals surface area contributed by atoms with Gasteiger partial charge in [0.15, 0.2) is 0 Å². The zero-order valence-electron chi connectivity index (χ0n) is 16.9. The van der Waals surface area contributed by atoms with Gasteiger partial charge in [0.25, 0.3) is 5.91 Å². The molecule has 2 aromatic rings. The molecule has 2 fully saturated rings. The molecule has 1 aromatic heterocycles. The van der Waals surface area contributed by atoms with E-state index in [1.54, 1.807) is 45.9 Å². The highest BCUT2D eigenvalue weighted by Crippen LogP contribution is 2.23. The van der Waals surface area contributed by atoms with E-state index in [2.05, 4.69) is 4.98 Å². The SMILES string of the molecule is O=C(c1ccc(S(=O)(=O)N2CCCCC2)cc1)N1CCC(Oc2cccnc2)CC1. The average Bonchev–Trinajstić information content (AvgIpc) is 2.80. The summed E-state index contributed by atoms with van der Waals surface area (Å²) >= 11 is 0. The third kappa shape index (κ3) is 4.65. The lowest BCUT2D eigenvalue weighted by molar-refractivity contribution is 0.0595. The van der Waals surface area contributed by atoms with E-state index < -0.39 is 10.0 Å². The maximum absolute atomic E-state index is 12.8. The van der Waals surface area contributed by atoms with Crippen LogP contribution in [-0.2, 0) is 10.0 Å². The number of sulfonamides is 1. The van der Waals surface area contributed by atoms with Gasteiger partial charge in [0.05, 0.1) is 11.1 Å². The largest absolute Gasteiger partial charge is 0.489 e. The lowest BCUT2D eigenvalue weighted by Gasteiger charge is -2.32. The van der Waals surface area contributed by atoms with Crippen molar-refractivity contribution in [2.75, 3.05) is 26.2 Å². The van der Waals surface area contributed by atoms with Gasteiger partial charge in [-0.15, -0.1) is 0 Å². The molecule has 0 unspecified atom stereocenters. The van der Waals surface area contributed by atoms with Crippen molar-refractivity contribution in [3.8, 4) is 5.75 Å². The summed E-state index contributed by atoms with van der Waals surface area (Å²) in [6.45, 7) is 2.35. The van der Waals surface area contributed by atoms with Gasteiger partial charge >= 0.3 is 0 Å². The minimum atomic E-state index is -3.48. The maximum atomic E-state index is 12.8. The fourth-order valence-corrected chi connectivity index (χ4v) is 5.51. The lowest BCUT2D eigenvalue weighted by atomic mass is 10.1. The second-order valence-electron chi connectivity index (χ2n) is 7.79. The van der Waals surface area contributed by atoms with Gasteiger partial charge in [-0.1, -0.05) is 6.42 Å². The standard InChI is InChI=1S/C22H27N3O4S/c26-22(24-15-10-19(11-16-24)29-20-5-4-12-23-17-20)18-6-8-21(9-7-18)30(27,28)25-13-2-1-3-14-25/h4-9,12,17,19H,1-3,10-11,13-16H2. The number of amides is 1. The van der Waals surface area contributed by atoms with Crippen molar-refractivity contribution < 1.29 is 17.9 Å². The number of rotatable bonds is 5. The number of ether oxygens (including phenoxy) is 1. The summed E-state index contributed by atoms with van der Waals surface area (Å²) < 4.78 is 33.0. The fourth-order valence-electron chi connectivity index (χ4n) is 3.99. The van der Waals surface area contributed by atoms with Gasteiger partial charge in [-0.2, -0.15) is 4.31 Å². The summed E-state index contributed by atoms with van der Waals surface area (Å²) in [5, 5.41) is 0. The molecule has 30 heavy (non-hydrogen) atoms. The minimum absolute atomic E-state index is 0.0651. The number of benzene rings is 1. The Balaban J connectivity index is 1.35. The Morgan fingerprint density at radius 2 is 1.67 bits per heavy atom. The first-order valence-corrected chi connectivity index (χ1v) is 11.9. The van der Waals surface area contributed by atoms with Crippen LogP contribution in [0.25, 0.3) is 0 Å². The summed E-state index contributed by atoms with van der Waals surface area (Å²) in [5.74, 6) is 0.671. The van der Waals surface area contributed by atoms with Crippen LogP contribution in [0, 0.1) is 0 Å².